The molecule has 2 aromatic carbocycles. The number of amides is 1. The normalized spacial score (nSPS) is 17.0. The lowest BCUT2D eigenvalue weighted by Crippen LogP contribution is -2.45. The summed E-state index contributed by atoms with van der Waals surface area (Å²) in [5.41, 5.74) is 3.36. The SMILES string of the molecule is COCCCn1nnc2cc(S(=O)(=O)N3CCCC3C(=O)NCc3ccccc3C)ccc21. The summed E-state index contributed by atoms with van der Waals surface area (Å²) < 4.78 is 34.9. The van der Waals surface area contributed by atoms with Crippen LogP contribution in [0.2, 0.25) is 0 Å². The molecule has 176 valence electrons. The van der Waals surface area contributed by atoms with Crippen molar-refractivity contribution in [3.05, 3.63) is 53.6 Å². The first-order valence-electron chi connectivity index (χ1n) is 11.1. The van der Waals surface area contributed by atoms with Gasteiger partial charge < -0.3 is 10.1 Å². The lowest BCUT2D eigenvalue weighted by molar-refractivity contribution is -0.124. The highest BCUT2D eigenvalue weighted by molar-refractivity contribution is 7.89. The van der Waals surface area contributed by atoms with Crippen LogP contribution in [0.4, 0.5) is 0 Å². The van der Waals surface area contributed by atoms with Crippen LogP contribution in [0.25, 0.3) is 11.0 Å². The van der Waals surface area contributed by atoms with Gasteiger partial charge in [0.2, 0.25) is 15.9 Å². The second-order valence-corrected chi connectivity index (χ2v) is 10.1. The highest BCUT2D eigenvalue weighted by Crippen LogP contribution is 2.28. The number of nitrogens with zero attached hydrogens (tertiary/aromatic N) is 4. The summed E-state index contributed by atoms with van der Waals surface area (Å²) in [6.45, 7) is 3.90. The van der Waals surface area contributed by atoms with Crippen LogP contribution in [0.3, 0.4) is 0 Å². The Bertz CT molecular complexity index is 1240. The second kappa shape index (κ2) is 9.98. The van der Waals surface area contributed by atoms with Gasteiger partial charge in [-0.05, 0) is 55.5 Å². The van der Waals surface area contributed by atoms with E-state index in [9.17, 15) is 13.2 Å². The van der Waals surface area contributed by atoms with Gasteiger partial charge in [0, 0.05) is 33.4 Å². The summed E-state index contributed by atoms with van der Waals surface area (Å²) >= 11 is 0. The molecule has 1 N–H and O–H groups in total. The molecular weight excluding hydrogens is 442 g/mol. The molecule has 0 spiro atoms. The Labute approximate surface area is 193 Å². The maximum atomic E-state index is 13.4. The quantitative estimate of drug-likeness (QED) is 0.480. The molecule has 2 heterocycles. The zero-order chi connectivity index (χ0) is 23.4. The lowest BCUT2D eigenvalue weighted by atomic mass is 10.1. The van der Waals surface area contributed by atoms with Crippen molar-refractivity contribution in [2.24, 2.45) is 0 Å². The number of aromatic nitrogens is 3. The lowest BCUT2D eigenvalue weighted by Gasteiger charge is -2.23. The average molecular weight is 472 g/mol. The first kappa shape index (κ1) is 23.3. The van der Waals surface area contributed by atoms with Crippen molar-refractivity contribution in [2.75, 3.05) is 20.3 Å². The van der Waals surface area contributed by atoms with Crippen molar-refractivity contribution in [1.82, 2.24) is 24.6 Å². The summed E-state index contributed by atoms with van der Waals surface area (Å²) in [4.78, 5) is 13.0. The second-order valence-electron chi connectivity index (χ2n) is 8.23. The van der Waals surface area contributed by atoms with E-state index in [1.165, 1.54) is 10.4 Å². The topological polar surface area (TPSA) is 106 Å². The fourth-order valence-corrected chi connectivity index (χ4v) is 5.85. The van der Waals surface area contributed by atoms with E-state index in [2.05, 4.69) is 15.6 Å². The Morgan fingerprint density at radius 3 is 2.85 bits per heavy atom. The maximum absolute atomic E-state index is 13.4. The van der Waals surface area contributed by atoms with Gasteiger partial charge >= 0.3 is 0 Å². The molecule has 0 aliphatic carbocycles. The number of fused-ring (bicyclic) bond motifs is 1. The van der Waals surface area contributed by atoms with Crippen LogP contribution >= 0.6 is 0 Å². The van der Waals surface area contributed by atoms with Gasteiger partial charge in [0.1, 0.15) is 11.6 Å². The van der Waals surface area contributed by atoms with Crippen molar-refractivity contribution in [1.29, 1.82) is 0 Å². The van der Waals surface area contributed by atoms with Gasteiger partial charge in [0.05, 0.1) is 10.4 Å². The number of ether oxygens (including phenoxy) is 1. The van der Waals surface area contributed by atoms with Gasteiger partial charge in [0.25, 0.3) is 0 Å². The third-order valence-electron chi connectivity index (χ3n) is 6.03. The van der Waals surface area contributed by atoms with Crippen LogP contribution in [0.15, 0.2) is 47.4 Å². The highest BCUT2D eigenvalue weighted by atomic mass is 32.2. The molecule has 0 radical (unpaired) electrons. The Morgan fingerprint density at radius 1 is 1.24 bits per heavy atom. The average Bonchev–Trinajstić information content (AvgIpc) is 3.46. The van der Waals surface area contributed by atoms with Gasteiger partial charge in [-0.1, -0.05) is 29.5 Å². The van der Waals surface area contributed by atoms with Crippen LogP contribution in [-0.2, 0) is 32.6 Å². The van der Waals surface area contributed by atoms with Gasteiger partial charge in [-0.25, -0.2) is 13.1 Å². The smallest absolute Gasteiger partial charge is 0.243 e. The molecule has 4 rings (SSSR count). The molecule has 1 aliphatic rings. The van der Waals surface area contributed by atoms with Crippen LogP contribution in [0, 0.1) is 6.92 Å². The molecule has 1 unspecified atom stereocenters. The third-order valence-corrected chi connectivity index (χ3v) is 7.94. The molecule has 0 bridgehead atoms. The minimum Gasteiger partial charge on any atom is -0.385 e. The van der Waals surface area contributed by atoms with Gasteiger partial charge in [-0.3, -0.25) is 4.79 Å². The van der Waals surface area contributed by atoms with E-state index in [4.69, 9.17) is 4.74 Å². The number of aryl methyl sites for hydroxylation is 2. The molecule has 1 amide bonds. The molecule has 1 saturated heterocycles. The third kappa shape index (κ3) is 4.92. The molecule has 1 atom stereocenters. The molecule has 1 fully saturated rings. The zero-order valence-corrected chi connectivity index (χ0v) is 19.7. The number of hydrogen-bond acceptors (Lipinski definition) is 6. The van der Waals surface area contributed by atoms with Crippen LogP contribution in [0.1, 0.15) is 30.4 Å². The fraction of sp³-hybridized carbons (Fsp3) is 0.435. The Balaban J connectivity index is 1.50. The minimum atomic E-state index is -3.85. The summed E-state index contributed by atoms with van der Waals surface area (Å²) in [5.74, 6) is -0.274. The van der Waals surface area contributed by atoms with Crippen molar-refractivity contribution >= 4 is 27.0 Å². The highest BCUT2D eigenvalue weighted by Gasteiger charge is 2.39. The van der Waals surface area contributed by atoms with Crippen LogP contribution in [0.5, 0.6) is 0 Å². The number of hydrogen-bond donors (Lipinski definition) is 1. The van der Waals surface area contributed by atoms with E-state index in [1.54, 1.807) is 23.9 Å². The summed E-state index contributed by atoms with van der Waals surface area (Å²) in [7, 11) is -2.21. The molecule has 10 heteroatoms. The molecule has 1 aromatic heterocycles. The van der Waals surface area contributed by atoms with Crippen molar-refractivity contribution in [2.45, 2.75) is 50.2 Å². The van der Waals surface area contributed by atoms with Crippen LogP contribution < -0.4 is 5.32 Å². The van der Waals surface area contributed by atoms with Gasteiger partial charge in [0.15, 0.2) is 0 Å². The minimum absolute atomic E-state index is 0.123. The maximum Gasteiger partial charge on any atom is 0.243 e. The largest absolute Gasteiger partial charge is 0.385 e. The molecule has 33 heavy (non-hydrogen) atoms. The standard InChI is InChI=1S/C23H29N5O4S/c1-17-7-3-4-8-18(17)16-24-23(29)22-9-5-13-28(22)33(30,31)19-10-11-21-20(15-19)25-26-27(21)12-6-14-32-2/h3-4,7-8,10-11,15,22H,5-6,9,12-14,16H2,1-2H3,(H,24,29). The first-order valence-corrected chi connectivity index (χ1v) is 12.5. The monoisotopic (exact) mass is 471 g/mol. The number of benzene rings is 2. The number of sulfonamides is 1. The Kier molecular flexibility index (Phi) is 7.06. The van der Waals surface area contributed by atoms with Crippen molar-refractivity contribution < 1.29 is 17.9 Å². The molecule has 0 saturated carbocycles. The van der Waals surface area contributed by atoms with E-state index in [1.807, 2.05) is 31.2 Å². The number of methoxy groups -OCH3 is 1. The summed E-state index contributed by atoms with van der Waals surface area (Å²) in [6.07, 6.45) is 1.92. The van der Waals surface area contributed by atoms with Crippen molar-refractivity contribution in [3.63, 3.8) is 0 Å². The Morgan fingerprint density at radius 2 is 2.06 bits per heavy atom. The van der Waals surface area contributed by atoms with E-state index < -0.39 is 16.1 Å². The van der Waals surface area contributed by atoms with Gasteiger partial charge in [-0.15, -0.1) is 5.10 Å². The molecular formula is C23H29N5O4S. The van der Waals surface area contributed by atoms with Crippen molar-refractivity contribution in [3.8, 4) is 0 Å². The predicted molar refractivity (Wildman–Crippen MR) is 124 cm³/mol. The van der Waals surface area contributed by atoms with Gasteiger partial charge in [-0.2, -0.15) is 4.31 Å². The molecule has 1 aliphatic heterocycles. The van der Waals surface area contributed by atoms with E-state index in [-0.39, 0.29) is 10.8 Å². The fourth-order valence-electron chi connectivity index (χ4n) is 4.17. The number of carbonyl (C=O) groups is 1. The van der Waals surface area contributed by atoms with E-state index in [0.29, 0.717) is 44.6 Å². The number of nitrogens with one attached hydrogen (secondary N) is 1. The van der Waals surface area contributed by atoms with Crippen LogP contribution in [-0.4, -0.2) is 59.9 Å². The summed E-state index contributed by atoms with van der Waals surface area (Å²) in [6, 6.07) is 11.9. The Hall–Kier alpha value is -2.82. The molecule has 3 aromatic rings. The summed E-state index contributed by atoms with van der Waals surface area (Å²) in [5, 5.41) is 11.2. The number of rotatable bonds is 9. The predicted octanol–water partition coefficient (Wildman–Crippen LogP) is 2.25. The zero-order valence-electron chi connectivity index (χ0n) is 18.9. The first-order chi connectivity index (χ1) is 15.9. The van der Waals surface area contributed by atoms with E-state index in [0.717, 1.165) is 23.1 Å². The van der Waals surface area contributed by atoms with E-state index >= 15 is 0 Å². The number of carbonyl (C=O) groups excluding carboxylic acids is 1. The molecule has 9 nitrogen and oxygen atoms in total.